The first-order valence-electron chi connectivity index (χ1n) is 4.09. The summed E-state index contributed by atoms with van der Waals surface area (Å²) in [6.07, 6.45) is 0.871. The van der Waals surface area contributed by atoms with Crippen LogP contribution in [0.5, 0.6) is 5.75 Å². The van der Waals surface area contributed by atoms with E-state index in [1.165, 1.54) is 7.11 Å². The van der Waals surface area contributed by atoms with Crippen molar-refractivity contribution in [3.8, 4) is 5.75 Å². The van der Waals surface area contributed by atoms with Gasteiger partial charge in [-0.1, -0.05) is 13.0 Å². The normalized spacial score (nSPS) is 9.69. The molecule has 0 aliphatic heterocycles. The molecule has 0 saturated heterocycles. The molecular formula is C10H12O3. The molecule has 0 saturated carbocycles. The number of rotatable bonds is 3. The summed E-state index contributed by atoms with van der Waals surface area (Å²) in [6, 6.07) is 5.12. The second-order valence-corrected chi connectivity index (χ2v) is 2.69. The maximum absolute atomic E-state index is 10.7. The van der Waals surface area contributed by atoms with Gasteiger partial charge in [0, 0.05) is 0 Å². The van der Waals surface area contributed by atoms with Crippen LogP contribution in [0.3, 0.4) is 0 Å². The molecule has 0 amide bonds. The Balaban J connectivity index is 3.15. The molecule has 0 aliphatic carbocycles. The first kappa shape index (κ1) is 9.58. The van der Waals surface area contributed by atoms with Gasteiger partial charge in [-0.3, -0.25) is 0 Å². The van der Waals surface area contributed by atoms with Gasteiger partial charge in [-0.2, -0.15) is 0 Å². The summed E-state index contributed by atoms with van der Waals surface area (Å²) >= 11 is 0. The predicted molar refractivity (Wildman–Crippen MR) is 49.3 cm³/mol. The van der Waals surface area contributed by atoms with E-state index in [2.05, 4.69) is 0 Å². The lowest BCUT2D eigenvalue weighted by Gasteiger charge is -2.05. The lowest BCUT2D eigenvalue weighted by atomic mass is 10.1. The molecule has 0 radical (unpaired) electrons. The van der Waals surface area contributed by atoms with Crippen LogP contribution in [0.4, 0.5) is 0 Å². The number of carbonyl (C=O) groups is 1. The molecule has 70 valence electrons. The van der Waals surface area contributed by atoms with Crippen LogP contribution in [0.15, 0.2) is 18.2 Å². The van der Waals surface area contributed by atoms with Crippen molar-refractivity contribution >= 4 is 5.97 Å². The van der Waals surface area contributed by atoms with Crippen molar-refractivity contribution in [1.82, 2.24) is 0 Å². The van der Waals surface area contributed by atoms with Gasteiger partial charge in [-0.25, -0.2) is 4.79 Å². The first-order valence-corrected chi connectivity index (χ1v) is 4.09. The molecule has 3 nitrogen and oxygen atoms in total. The van der Waals surface area contributed by atoms with Crippen molar-refractivity contribution in [1.29, 1.82) is 0 Å². The molecule has 1 N–H and O–H groups in total. The van der Waals surface area contributed by atoms with E-state index in [1.807, 2.05) is 6.92 Å². The van der Waals surface area contributed by atoms with Gasteiger partial charge in [-0.05, 0) is 24.1 Å². The Morgan fingerprint density at radius 2 is 2.23 bits per heavy atom. The number of carboxylic acids is 1. The number of carboxylic acid groups (broad SMARTS) is 1. The fourth-order valence-corrected chi connectivity index (χ4v) is 1.13. The minimum Gasteiger partial charge on any atom is -0.496 e. The first-order chi connectivity index (χ1) is 6.19. The van der Waals surface area contributed by atoms with Crippen molar-refractivity contribution in [2.45, 2.75) is 13.3 Å². The molecule has 0 spiro atoms. The van der Waals surface area contributed by atoms with Gasteiger partial charge in [0.25, 0.3) is 0 Å². The Morgan fingerprint density at radius 3 is 2.69 bits per heavy atom. The number of methoxy groups -OCH3 is 1. The van der Waals surface area contributed by atoms with Crippen molar-refractivity contribution < 1.29 is 14.6 Å². The third-order valence-corrected chi connectivity index (χ3v) is 1.90. The average molecular weight is 180 g/mol. The van der Waals surface area contributed by atoms with Gasteiger partial charge in [0.05, 0.1) is 7.11 Å². The van der Waals surface area contributed by atoms with Crippen molar-refractivity contribution in [3.05, 3.63) is 29.3 Å². The Kier molecular flexibility index (Phi) is 2.90. The van der Waals surface area contributed by atoms with Crippen molar-refractivity contribution in [2.75, 3.05) is 7.11 Å². The van der Waals surface area contributed by atoms with Gasteiger partial charge in [0.15, 0.2) is 0 Å². The maximum Gasteiger partial charge on any atom is 0.339 e. The smallest absolute Gasteiger partial charge is 0.339 e. The Morgan fingerprint density at radius 1 is 1.54 bits per heavy atom. The molecule has 0 aromatic heterocycles. The lowest BCUT2D eigenvalue weighted by molar-refractivity contribution is 0.0693. The molecule has 0 heterocycles. The lowest BCUT2D eigenvalue weighted by Crippen LogP contribution is -2.00. The summed E-state index contributed by atoms with van der Waals surface area (Å²) in [5, 5.41) is 8.78. The van der Waals surface area contributed by atoms with E-state index >= 15 is 0 Å². The molecule has 3 heteroatoms. The highest BCUT2D eigenvalue weighted by molar-refractivity contribution is 5.90. The zero-order valence-electron chi connectivity index (χ0n) is 7.70. The quantitative estimate of drug-likeness (QED) is 0.773. The SMILES string of the molecule is CCc1ccc(C(=O)O)c(OC)c1. The predicted octanol–water partition coefficient (Wildman–Crippen LogP) is 1.96. The highest BCUT2D eigenvalue weighted by atomic mass is 16.5. The summed E-state index contributed by atoms with van der Waals surface area (Å²) in [4.78, 5) is 10.7. The Hall–Kier alpha value is -1.51. The molecule has 0 atom stereocenters. The van der Waals surface area contributed by atoms with Gasteiger partial charge < -0.3 is 9.84 Å². The van der Waals surface area contributed by atoms with Gasteiger partial charge in [0.2, 0.25) is 0 Å². The number of ether oxygens (including phenoxy) is 1. The zero-order valence-corrected chi connectivity index (χ0v) is 7.70. The fraction of sp³-hybridized carbons (Fsp3) is 0.300. The van der Waals surface area contributed by atoms with Gasteiger partial charge >= 0.3 is 5.97 Å². The largest absolute Gasteiger partial charge is 0.496 e. The number of aromatic carboxylic acids is 1. The topological polar surface area (TPSA) is 46.5 Å². The van der Waals surface area contributed by atoms with E-state index in [0.29, 0.717) is 5.75 Å². The molecule has 0 unspecified atom stereocenters. The minimum atomic E-state index is -0.959. The van der Waals surface area contributed by atoms with Crippen LogP contribution in [0.2, 0.25) is 0 Å². The van der Waals surface area contributed by atoms with Crippen LogP contribution in [0.1, 0.15) is 22.8 Å². The third kappa shape index (κ3) is 1.99. The van der Waals surface area contributed by atoms with Crippen LogP contribution in [-0.2, 0) is 6.42 Å². The Bertz CT molecular complexity index is 318. The van der Waals surface area contributed by atoms with E-state index in [4.69, 9.17) is 9.84 Å². The number of hydrogen-bond donors (Lipinski definition) is 1. The fourth-order valence-electron chi connectivity index (χ4n) is 1.13. The summed E-state index contributed by atoms with van der Waals surface area (Å²) in [5.41, 5.74) is 1.28. The molecule has 0 aliphatic rings. The van der Waals surface area contributed by atoms with Gasteiger partial charge in [0.1, 0.15) is 11.3 Å². The van der Waals surface area contributed by atoms with Crippen LogP contribution < -0.4 is 4.74 Å². The maximum atomic E-state index is 10.7. The monoisotopic (exact) mass is 180 g/mol. The van der Waals surface area contributed by atoms with Crippen LogP contribution in [-0.4, -0.2) is 18.2 Å². The third-order valence-electron chi connectivity index (χ3n) is 1.90. The second-order valence-electron chi connectivity index (χ2n) is 2.69. The minimum absolute atomic E-state index is 0.208. The van der Waals surface area contributed by atoms with E-state index < -0.39 is 5.97 Å². The molecule has 0 bridgehead atoms. The van der Waals surface area contributed by atoms with Crippen LogP contribution in [0.25, 0.3) is 0 Å². The zero-order chi connectivity index (χ0) is 9.84. The molecule has 1 aromatic rings. The van der Waals surface area contributed by atoms with Crippen LogP contribution in [0, 0.1) is 0 Å². The molecule has 1 rings (SSSR count). The summed E-state index contributed by atoms with van der Waals surface area (Å²) in [7, 11) is 1.47. The number of benzene rings is 1. The molecule has 1 aromatic carbocycles. The number of hydrogen-bond acceptors (Lipinski definition) is 2. The van der Waals surface area contributed by atoms with Crippen LogP contribution >= 0.6 is 0 Å². The number of aryl methyl sites for hydroxylation is 1. The molecule has 0 fully saturated rings. The second kappa shape index (κ2) is 3.94. The van der Waals surface area contributed by atoms with Crippen molar-refractivity contribution in [2.24, 2.45) is 0 Å². The standard InChI is InChI=1S/C10H12O3/c1-3-7-4-5-8(10(11)12)9(6-7)13-2/h4-6H,3H2,1-2H3,(H,11,12). The van der Waals surface area contributed by atoms with Crippen molar-refractivity contribution in [3.63, 3.8) is 0 Å². The van der Waals surface area contributed by atoms with E-state index in [-0.39, 0.29) is 5.56 Å². The Labute approximate surface area is 77.0 Å². The summed E-state index contributed by atoms with van der Waals surface area (Å²) in [5.74, 6) is -0.536. The molecular weight excluding hydrogens is 168 g/mol. The van der Waals surface area contributed by atoms with E-state index in [1.54, 1.807) is 18.2 Å². The van der Waals surface area contributed by atoms with E-state index in [0.717, 1.165) is 12.0 Å². The summed E-state index contributed by atoms with van der Waals surface area (Å²) in [6.45, 7) is 2.01. The highest BCUT2D eigenvalue weighted by Gasteiger charge is 2.10. The molecule has 13 heavy (non-hydrogen) atoms. The summed E-state index contributed by atoms with van der Waals surface area (Å²) < 4.78 is 4.97. The highest BCUT2D eigenvalue weighted by Crippen LogP contribution is 2.20. The van der Waals surface area contributed by atoms with E-state index in [9.17, 15) is 4.79 Å². The average Bonchev–Trinajstić information content (AvgIpc) is 2.16. The van der Waals surface area contributed by atoms with Gasteiger partial charge in [-0.15, -0.1) is 0 Å².